The lowest BCUT2D eigenvalue weighted by Gasteiger charge is -2.32. The Bertz CT molecular complexity index is 1300. The zero-order chi connectivity index (χ0) is 25.7. The van der Waals surface area contributed by atoms with Gasteiger partial charge in [0, 0.05) is 6.42 Å². The summed E-state index contributed by atoms with van der Waals surface area (Å²) >= 11 is 1.08. The highest BCUT2D eigenvalue weighted by Crippen LogP contribution is 2.33. The molecule has 0 aromatic heterocycles. The van der Waals surface area contributed by atoms with Gasteiger partial charge in [0.05, 0.1) is 32.1 Å². The second-order valence-corrected chi connectivity index (χ2v) is 8.99. The maximum atomic E-state index is 14.0. The number of methoxy groups -OCH3 is 2. The van der Waals surface area contributed by atoms with Gasteiger partial charge in [0.2, 0.25) is 11.8 Å². The number of halogens is 2. The third-order valence-electron chi connectivity index (χ3n) is 5.40. The number of anilines is 1. The summed E-state index contributed by atoms with van der Waals surface area (Å²) in [5.41, 5.74) is 1.20. The molecular weight excluding hydrogens is 488 g/mol. The van der Waals surface area contributed by atoms with Crippen molar-refractivity contribution in [1.82, 2.24) is 4.90 Å². The highest BCUT2D eigenvalue weighted by molar-refractivity contribution is 8.15. The van der Waals surface area contributed by atoms with Crippen LogP contribution >= 0.6 is 11.8 Å². The number of thioether (sulfide) groups is 1. The van der Waals surface area contributed by atoms with Crippen LogP contribution in [0.25, 0.3) is 0 Å². The third kappa shape index (κ3) is 5.83. The normalized spacial score (nSPS) is 16.7. The topological polar surface area (TPSA) is 80.2 Å². The summed E-state index contributed by atoms with van der Waals surface area (Å²) in [6.45, 7) is 0.161. The van der Waals surface area contributed by atoms with Crippen LogP contribution in [0.2, 0.25) is 0 Å². The van der Waals surface area contributed by atoms with Gasteiger partial charge in [0.1, 0.15) is 16.9 Å². The van der Waals surface area contributed by atoms with E-state index in [0.717, 1.165) is 17.3 Å². The molecule has 1 aliphatic rings. The molecule has 0 saturated carbocycles. The van der Waals surface area contributed by atoms with Crippen molar-refractivity contribution >= 4 is 40.1 Å². The molecule has 1 saturated heterocycles. The van der Waals surface area contributed by atoms with E-state index in [9.17, 15) is 18.4 Å². The van der Waals surface area contributed by atoms with Crippen molar-refractivity contribution in [3.05, 3.63) is 83.9 Å². The van der Waals surface area contributed by atoms with Crippen LogP contribution in [0.4, 0.5) is 20.2 Å². The molecule has 1 aliphatic heterocycles. The minimum absolute atomic E-state index is 0.0281. The van der Waals surface area contributed by atoms with Crippen molar-refractivity contribution in [3.63, 3.8) is 0 Å². The number of amidine groups is 1. The highest BCUT2D eigenvalue weighted by Gasteiger charge is 2.36. The molecular formula is C26H23F2N3O4S. The third-order valence-corrected chi connectivity index (χ3v) is 6.59. The number of carbonyl (C=O) groups is 2. The van der Waals surface area contributed by atoms with Crippen LogP contribution in [0.3, 0.4) is 0 Å². The van der Waals surface area contributed by atoms with E-state index in [0.29, 0.717) is 17.2 Å². The van der Waals surface area contributed by atoms with Crippen LogP contribution in [0.5, 0.6) is 11.5 Å². The van der Waals surface area contributed by atoms with E-state index in [1.807, 2.05) is 0 Å². The fourth-order valence-corrected chi connectivity index (χ4v) is 4.66. The molecule has 0 bridgehead atoms. The minimum Gasteiger partial charge on any atom is -0.493 e. The summed E-state index contributed by atoms with van der Waals surface area (Å²) in [5.74, 6) is -0.796. The fraction of sp³-hybridized carbons (Fsp3) is 0.192. The van der Waals surface area contributed by atoms with Crippen molar-refractivity contribution < 1.29 is 27.8 Å². The van der Waals surface area contributed by atoms with Crippen LogP contribution in [0.15, 0.2) is 71.7 Å². The van der Waals surface area contributed by atoms with Crippen molar-refractivity contribution in [3.8, 4) is 11.5 Å². The number of carbonyl (C=O) groups excluding carboxylic acids is 2. The Kier molecular flexibility index (Phi) is 7.84. The first-order chi connectivity index (χ1) is 17.4. The predicted octanol–water partition coefficient (Wildman–Crippen LogP) is 5.14. The van der Waals surface area contributed by atoms with Gasteiger partial charge in [-0.1, -0.05) is 30.0 Å². The molecule has 1 N–H and O–H groups in total. The van der Waals surface area contributed by atoms with Crippen LogP contribution in [-0.2, 0) is 16.1 Å². The molecule has 3 aromatic rings. The van der Waals surface area contributed by atoms with Gasteiger partial charge in [-0.25, -0.2) is 13.8 Å². The van der Waals surface area contributed by atoms with Gasteiger partial charge < -0.3 is 14.8 Å². The molecule has 7 nitrogen and oxygen atoms in total. The summed E-state index contributed by atoms with van der Waals surface area (Å²) in [5, 5.41) is 1.97. The van der Waals surface area contributed by atoms with E-state index in [1.54, 1.807) is 24.3 Å². The lowest BCUT2D eigenvalue weighted by atomic mass is 10.1. The van der Waals surface area contributed by atoms with Crippen LogP contribution in [0, 0.1) is 11.6 Å². The molecule has 3 aromatic carbocycles. The molecule has 1 unspecified atom stereocenters. The maximum absolute atomic E-state index is 14.0. The molecule has 1 heterocycles. The molecule has 0 radical (unpaired) electrons. The number of nitrogens with zero attached hydrogens (tertiary/aromatic N) is 2. The van der Waals surface area contributed by atoms with E-state index in [1.165, 1.54) is 61.6 Å². The number of ether oxygens (including phenoxy) is 2. The number of nitrogens with one attached hydrogen (secondary N) is 1. The van der Waals surface area contributed by atoms with Crippen LogP contribution in [0.1, 0.15) is 12.0 Å². The van der Waals surface area contributed by atoms with Gasteiger partial charge in [0.25, 0.3) is 0 Å². The number of amides is 2. The van der Waals surface area contributed by atoms with Crippen molar-refractivity contribution in [1.29, 1.82) is 0 Å². The first-order valence-corrected chi connectivity index (χ1v) is 11.8. The molecule has 186 valence electrons. The second kappa shape index (κ2) is 11.2. The summed E-state index contributed by atoms with van der Waals surface area (Å²) < 4.78 is 38.1. The first-order valence-electron chi connectivity index (χ1n) is 11.0. The molecule has 4 rings (SSSR count). The Morgan fingerprint density at radius 1 is 1.06 bits per heavy atom. The molecule has 1 atom stereocenters. The van der Waals surface area contributed by atoms with Crippen molar-refractivity contribution in [2.75, 3.05) is 19.5 Å². The quantitative estimate of drug-likeness (QED) is 0.475. The van der Waals surface area contributed by atoms with Gasteiger partial charge in [-0.3, -0.25) is 14.5 Å². The predicted molar refractivity (Wildman–Crippen MR) is 135 cm³/mol. The van der Waals surface area contributed by atoms with Gasteiger partial charge in [0.15, 0.2) is 16.7 Å². The van der Waals surface area contributed by atoms with Gasteiger partial charge in [-0.15, -0.1) is 0 Å². The lowest BCUT2D eigenvalue weighted by molar-refractivity contribution is -0.129. The standard InChI is InChI=1S/C26H23F2N3O4S/c1-34-21-12-7-16(13-22(21)35-2)15-31-24(32)14-23(25(33)30-20-6-4-3-5-19(20)28)36-26(31)29-18-10-8-17(27)9-11-18/h3-13,23H,14-15H2,1-2H3,(H,30,33). The monoisotopic (exact) mass is 511 g/mol. The van der Waals surface area contributed by atoms with Crippen LogP contribution in [-0.4, -0.2) is 41.4 Å². The molecule has 0 aliphatic carbocycles. The molecule has 36 heavy (non-hydrogen) atoms. The lowest BCUT2D eigenvalue weighted by Crippen LogP contribution is -2.44. The Morgan fingerprint density at radius 2 is 1.78 bits per heavy atom. The minimum atomic E-state index is -0.835. The number of para-hydroxylation sites is 1. The Morgan fingerprint density at radius 3 is 2.47 bits per heavy atom. The molecule has 0 spiro atoms. The van der Waals surface area contributed by atoms with Crippen LogP contribution < -0.4 is 14.8 Å². The SMILES string of the molecule is COc1ccc(CN2C(=O)CC(C(=O)Nc3ccccc3F)SC2=Nc2ccc(F)cc2)cc1OC. The Hall–Kier alpha value is -3.92. The van der Waals surface area contributed by atoms with Gasteiger partial charge in [-0.05, 0) is 54.1 Å². The Balaban J connectivity index is 1.62. The fourth-order valence-electron chi connectivity index (χ4n) is 3.56. The number of rotatable bonds is 7. The zero-order valence-electron chi connectivity index (χ0n) is 19.5. The largest absolute Gasteiger partial charge is 0.493 e. The van der Waals surface area contributed by atoms with E-state index in [2.05, 4.69) is 10.3 Å². The number of hydrogen-bond donors (Lipinski definition) is 1. The zero-order valence-corrected chi connectivity index (χ0v) is 20.4. The van der Waals surface area contributed by atoms with Crippen molar-refractivity contribution in [2.45, 2.75) is 18.2 Å². The van der Waals surface area contributed by atoms with E-state index < -0.39 is 22.8 Å². The summed E-state index contributed by atoms with van der Waals surface area (Å²) in [6, 6.07) is 16.6. The molecule has 1 fully saturated rings. The first kappa shape index (κ1) is 25.2. The van der Waals surface area contributed by atoms with Gasteiger partial charge >= 0.3 is 0 Å². The van der Waals surface area contributed by atoms with Gasteiger partial charge in [-0.2, -0.15) is 0 Å². The second-order valence-electron chi connectivity index (χ2n) is 7.82. The summed E-state index contributed by atoms with van der Waals surface area (Å²) in [7, 11) is 3.05. The van der Waals surface area contributed by atoms with E-state index in [-0.39, 0.29) is 29.7 Å². The molecule has 2 amide bonds. The van der Waals surface area contributed by atoms with Crippen molar-refractivity contribution in [2.24, 2.45) is 4.99 Å². The smallest absolute Gasteiger partial charge is 0.238 e. The highest BCUT2D eigenvalue weighted by atomic mass is 32.2. The Labute approximate surface area is 211 Å². The number of aliphatic imine (C=N–C) groups is 1. The number of benzene rings is 3. The maximum Gasteiger partial charge on any atom is 0.238 e. The van der Waals surface area contributed by atoms with E-state index >= 15 is 0 Å². The average Bonchev–Trinajstić information content (AvgIpc) is 2.88. The summed E-state index contributed by atoms with van der Waals surface area (Å²) in [4.78, 5) is 32.1. The van der Waals surface area contributed by atoms with E-state index in [4.69, 9.17) is 9.47 Å². The number of hydrogen-bond acceptors (Lipinski definition) is 6. The molecule has 10 heteroatoms. The average molecular weight is 512 g/mol. The summed E-state index contributed by atoms with van der Waals surface area (Å²) in [6.07, 6.45) is -0.110.